The van der Waals surface area contributed by atoms with E-state index >= 15 is 0 Å². The lowest BCUT2D eigenvalue weighted by Gasteiger charge is -2.13. The number of aromatic nitrogens is 4. The summed E-state index contributed by atoms with van der Waals surface area (Å²) in [5.41, 5.74) is 1.61. The van der Waals surface area contributed by atoms with E-state index in [1.54, 1.807) is 16.8 Å². The average molecular weight is 468 g/mol. The van der Waals surface area contributed by atoms with E-state index in [9.17, 15) is 18.0 Å². The van der Waals surface area contributed by atoms with Crippen molar-refractivity contribution in [3.05, 3.63) is 82.9 Å². The number of nitrogens with one attached hydrogen (secondary N) is 2. The second-order valence-electron chi connectivity index (χ2n) is 7.73. The van der Waals surface area contributed by atoms with Gasteiger partial charge in [0.05, 0.1) is 23.3 Å². The molecule has 0 fully saturated rings. The maximum Gasteiger partial charge on any atom is 0.416 e. The number of alkyl halides is 3. The number of nitrogens with zero attached hydrogens (tertiary/aromatic N) is 4. The Morgan fingerprint density at radius 3 is 2.59 bits per heavy atom. The lowest BCUT2D eigenvalue weighted by Crippen LogP contribution is -2.26. The van der Waals surface area contributed by atoms with E-state index in [0.717, 1.165) is 23.2 Å². The van der Waals surface area contributed by atoms with E-state index in [0.29, 0.717) is 35.0 Å². The number of fused-ring (bicyclic) bond motifs is 1. The molecule has 0 bridgehead atoms. The Morgan fingerprint density at radius 1 is 1.03 bits per heavy atom. The Bertz CT molecular complexity index is 1330. The summed E-state index contributed by atoms with van der Waals surface area (Å²) in [7, 11) is 0. The lowest BCUT2D eigenvalue weighted by molar-refractivity contribution is -0.137. The molecule has 0 spiro atoms. The predicted octanol–water partition coefficient (Wildman–Crippen LogP) is 4.72. The number of para-hydroxylation sites is 1. The van der Waals surface area contributed by atoms with Gasteiger partial charge in [0.15, 0.2) is 5.82 Å². The van der Waals surface area contributed by atoms with Gasteiger partial charge in [-0.05, 0) is 49.7 Å². The number of rotatable bonds is 7. The maximum atomic E-state index is 13.0. The first-order valence-corrected chi connectivity index (χ1v) is 10.7. The first-order chi connectivity index (χ1) is 16.2. The van der Waals surface area contributed by atoms with Gasteiger partial charge in [0, 0.05) is 18.5 Å². The Kier molecular flexibility index (Phi) is 6.49. The first kappa shape index (κ1) is 23.2. The summed E-state index contributed by atoms with van der Waals surface area (Å²) < 4.78 is 40.7. The van der Waals surface area contributed by atoms with Gasteiger partial charge in [0.1, 0.15) is 11.5 Å². The minimum Gasteiger partial charge on any atom is -0.365 e. The molecular formula is C24H23F3N6O. The van der Waals surface area contributed by atoms with Crippen molar-refractivity contribution in [1.82, 2.24) is 25.1 Å². The highest BCUT2D eigenvalue weighted by Crippen LogP contribution is 2.30. The fraction of sp³-hybridized carbons (Fsp3) is 0.250. The van der Waals surface area contributed by atoms with Crippen molar-refractivity contribution < 1.29 is 18.0 Å². The zero-order valence-electron chi connectivity index (χ0n) is 18.6. The maximum absolute atomic E-state index is 13.0. The zero-order chi connectivity index (χ0) is 24.3. The third kappa shape index (κ3) is 5.16. The monoisotopic (exact) mass is 468 g/mol. The molecule has 0 aliphatic rings. The molecular weight excluding hydrogens is 445 g/mol. The Morgan fingerprint density at radius 2 is 1.82 bits per heavy atom. The standard InChI is InChI=1S/C24H23F3N6O/c1-3-33-20(11-15(2)32-33)23(34)29-14-21-30-19-10-5-4-9-18(19)22(31-21)28-13-16-7-6-8-17(12-16)24(25,26)27/h4-12H,3,13-14H2,1-2H3,(H,29,34)(H,28,30,31). The molecule has 0 unspecified atom stereocenters. The van der Waals surface area contributed by atoms with Crippen LogP contribution in [0.1, 0.15) is 40.1 Å². The third-order valence-corrected chi connectivity index (χ3v) is 5.21. The van der Waals surface area contributed by atoms with Crippen molar-refractivity contribution in [2.75, 3.05) is 5.32 Å². The van der Waals surface area contributed by atoms with E-state index < -0.39 is 11.7 Å². The number of hydrogen-bond acceptors (Lipinski definition) is 5. The molecule has 0 saturated carbocycles. The second kappa shape index (κ2) is 9.50. The first-order valence-electron chi connectivity index (χ1n) is 10.7. The molecule has 4 rings (SSSR count). The molecule has 176 valence electrons. The van der Waals surface area contributed by atoms with Gasteiger partial charge in [0.2, 0.25) is 0 Å². The Labute approximate surface area is 194 Å². The molecule has 2 aromatic carbocycles. The lowest BCUT2D eigenvalue weighted by atomic mass is 10.1. The van der Waals surface area contributed by atoms with Crippen LogP contribution < -0.4 is 10.6 Å². The molecule has 1 amide bonds. The number of carbonyl (C=O) groups excluding carboxylic acids is 1. The zero-order valence-corrected chi connectivity index (χ0v) is 18.6. The topological polar surface area (TPSA) is 84.7 Å². The van der Waals surface area contributed by atoms with Crippen molar-refractivity contribution in [3.63, 3.8) is 0 Å². The second-order valence-corrected chi connectivity index (χ2v) is 7.73. The average Bonchev–Trinajstić information content (AvgIpc) is 3.21. The smallest absolute Gasteiger partial charge is 0.365 e. The number of amides is 1. The van der Waals surface area contributed by atoms with Crippen LogP contribution in [-0.4, -0.2) is 25.7 Å². The molecule has 2 aromatic heterocycles. The summed E-state index contributed by atoms with van der Waals surface area (Å²) in [6.45, 7) is 4.50. The van der Waals surface area contributed by atoms with Crippen molar-refractivity contribution in [1.29, 1.82) is 0 Å². The minimum absolute atomic E-state index is 0.0792. The van der Waals surface area contributed by atoms with Gasteiger partial charge in [0.25, 0.3) is 5.91 Å². The summed E-state index contributed by atoms with van der Waals surface area (Å²) in [6.07, 6.45) is -4.41. The summed E-state index contributed by atoms with van der Waals surface area (Å²) in [5.74, 6) is 0.553. The molecule has 7 nitrogen and oxygen atoms in total. The van der Waals surface area contributed by atoms with Crippen molar-refractivity contribution in [3.8, 4) is 0 Å². The molecule has 0 aliphatic carbocycles. The van der Waals surface area contributed by atoms with E-state index in [-0.39, 0.29) is 19.0 Å². The van der Waals surface area contributed by atoms with Crippen LogP contribution in [0.2, 0.25) is 0 Å². The molecule has 0 saturated heterocycles. The van der Waals surface area contributed by atoms with Gasteiger partial charge in [-0.2, -0.15) is 18.3 Å². The number of anilines is 1. The van der Waals surface area contributed by atoms with Crippen molar-refractivity contribution in [2.45, 2.75) is 39.7 Å². The SMILES string of the molecule is CCn1nc(C)cc1C(=O)NCc1nc(NCc2cccc(C(F)(F)F)c2)c2ccccc2n1. The number of carbonyl (C=O) groups is 1. The summed E-state index contributed by atoms with van der Waals surface area (Å²) in [5, 5.41) is 10.9. The molecule has 10 heteroatoms. The molecule has 0 radical (unpaired) electrons. The quantitative estimate of drug-likeness (QED) is 0.410. The van der Waals surface area contributed by atoms with Gasteiger partial charge >= 0.3 is 6.18 Å². The van der Waals surface area contributed by atoms with Crippen LogP contribution in [0.5, 0.6) is 0 Å². The molecule has 2 heterocycles. The van der Waals surface area contributed by atoms with Gasteiger partial charge < -0.3 is 10.6 Å². The van der Waals surface area contributed by atoms with Crippen LogP contribution in [-0.2, 0) is 25.8 Å². The number of halogens is 3. The predicted molar refractivity (Wildman–Crippen MR) is 122 cm³/mol. The van der Waals surface area contributed by atoms with E-state index in [1.165, 1.54) is 6.07 Å². The van der Waals surface area contributed by atoms with Gasteiger partial charge in [-0.3, -0.25) is 9.48 Å². The highest BCUT2D eigenvalue weighted by molar-refractivity contribution is 5.92. The number of hydrogen-bond donors (Lipinski definition) is 2. The van der Waals surface area contributed by atoms with Gasteiger partial charge in [-0.25, -0.2) is 9.97 Å². The van der Waals surface area contributed by atoms with Gasteiger partial charge in [-0.1, -0.05) is 24.3 Å². The van der Waals surface area contributed by atoms with Crippen LogP contribution in [0.15, 0.2) is 54.6 Å². The van der Waals surface area contributed by atoms with E-state index in [4.69, 9.17) is 0 Å². The van der Waals surface area contributed by atoms with Crippen LogP contribution in [0.3, 0.4) is 0 Å². The normalized spacial score (nSPS) is 11.6. The molecule has 2 N–H and O–H groups in total. The number of aryl methyl sites for hydroxylation is 2. The van der Waals surface area contributed by atoms with Crippen molar-refractivity contribution in [2.24, 2.45) is 0 Å². The van der Waals surface area contributed by atoms with E-state index in [1.807, 2.05) is 38.1 Å². The Balaban J connectivity index is 1.54. The highest BCUT2D eigenvalue weighted by atomic mass is 19.4. The summed E-state index contributed by atoms with van der Waals surface area (Å²) in [6, 6.07) is 14.2. The van der Waals surface area contributed by atoms with Gasteiger partial charge in [-0.15, -0.1) is 0 Å². The van der Waals surface area contributed by atoms with E-state index in [2.05, 4.69) is 25.7 Å². The Hall–Kier alpha value is -3.95. The third-order valence-electron chi connectivity index (χ3n) is 5.21. The highest BCUT2D eigenvalue weighted by Gasteiger charge is 2.30. The van der Waals surface area contributed by atoms with Crippen LogP contribution >= 0.6 is 0 Å². The van der Waals surface area contributed by atoms with Crippen LogP contribution in [0.4, 0.5) is 19.0 Å². The van der Waals surface area contributed by atoms with Crippen LogP contribution in [0.25, 0.3) is 10.9 Å². The number of benzene rings is 2. The summed E-state index contributed by atoms with van der Waals surface area (Å²) >= 11 is 0. The van der Waals surface area contributed by atoms with Crippen LogP contribution in [0, 0.1) is 6.92 Å². The largest absolute Gasteiger partial charge is 0.416 e. The molecule has 0 aliphatic heterocycles. The molecule has 0 atom stereocenters. The fourth-order valence-electron chi connectivity index (χ4n) is 3.60. The minimum atomic E-state index is -4.41. The van der Waals surface area contributed by atoms with Crippen molar-refractivity contribution >= 4 is 22.6 Å². The molecule has 4 aromatic rings. The summed E-state index contributed by atoms with van der Waals surface area (Å²) in [4.78, 5) is 21.7. The molecule has 34 heavy (non-hydrogen) atoms. The fourth-order valence-corrected chi connectivity index (χ4v) is 3.60.